The Morgan fingerprint density at radius 3 is 2.68 bits per heavy atom. The first-order chi connectivity index (χ1) is 9.11. The van der Waals surface area contributed by atoms with Gasteiger partial charge in [-0.3, -0.25) is 10.1 Å². The van der Waals surface area contributed by atoms with Gasteiger partial charge in [0.05, 0.1) is 18.1 Å². The zero-order valence-corrected chi connectivity index (χ0v) is 9.94. The smallest absolute Gasteiger partial charge is 0.314 e. The van der Waals surface area contributed by atoms with Crippen molar-refractivity contribution in [1.82, 2.24) is 9.97 Å². The molecule has 2 aromatic rings. The molecule has 1 aromatic heterocycles. The Morgan fingerprint density at radius 2 is 2.05 bits per heavy atom. The van der Waals surface area contributed by atoms with E-state index in [1.165, 1.54) is 37.7 Å². The summed E-state index contributed by atoms with van der Waals surface area (Å²) in [7, 11) is 1.35. The quantitative estimate of drug-likeness (QED) is 0.659. The third-order valence-corrected chi connectivity index (χ3v) is 2.25. The number of ether oxygens (including phenoxy) is 2. The molecule has 98 valence electrons. The SMILES string of the molecule is COc1ccc(Oc2nccnc2N)cc1[N+](=O)[O-]. The first-order valence-corrected chi connectivity index (χ1v) is 5.18. The summed E-state index contributed by atoms with van der Waals surface area (Å²) >= 11 is 0. The van der Waals surface area contributed by atoms with E-state index in [2.05, 4.69) is 9.97 Å². The number of hydrogen-bond acceptors (Lipinski definition) is 7. The van der Waals surface area contributed by atoms with Gasteiger partial charge in [-0.05, 0) is 12.1 Å². The van der Waals surface area contributed by atoms with Crippen molar-refractivity contribution in [3.8, 4) is 17.4 Å². The third-order valence-electron chi connectivity index (χ3n) is 2.25. The summed E-state index contributed by atoms with van der Waals surface area (Å²) in [5.41, 5.74) is 5.36. The minimum absolute atomic E-state index is 0.0852. The molecule has 0 amide bonds. The van der Waals surface area contributed by atoms with Crippen molar-refractivity contribution < 1.29 is 14.4 Å². The monoisotopic (exact) mass is 262 g/mol. The molecule has 0 aliphatic carbocycles. The largest absolute Gasteiger partial charge is 0.490 e. The molecule has 0 aliphatic heterocycles. The molecule has 0 fully saturated rings. The van der Waals surface area contributed by atoms with Gasteiger partial charge in [0.2, 0.25) is 0 Å². The summed E-state index contributed by atoms with van der Waals surface area (Å²) in [5.74, 6) is 0.548. The van der Waals surface area contributed by atoms with Crippen molar-refractivity contribution in [3.05, 3.63) is 40.7 Å². The summed E-state index contributed by atoms with van der Waals surface area (Å²) in [5, 5.41) is 10.9. The molecule has 1 aromatic carbocycles. The third kappa shape index (κ3) is 2.68. The minimum Gasteiger partial charge on any atom is -0.490 e. The van der Waals surface area contributed by atoms with Crippen molar-refractivity contribution in [3.63, 3.8) is 0 Å². The summed E-state index contributed by atoms with van der Waals surface area (Å²) in [6.07, 6.45) is 2.82. The molecule has 0 aliphatic rings. The van der Waals surface area contributed by atoms with Crippen LogP contribution in [0.3, 0.4) is 0 Å². The lowest BCUT2D eigenvalue weighted by molar-refractivity contribution is -0.385. The maximum Gasteiger partial charge on any atom is 0.314 e. The molecule has 1 heterocycles. The Balaban J connectivity index is 2.34. The Labute approximate surface area is 108 Å². The van der Waals surface area contributed by atoms with Crippen LogP contribution in [0.15, 0.2) is 30.6 Å². The molecule has 8 heteroatoms. The van der Waals surface area contributed by atoms with Gasteiger partial charge in [0.1, 0.15) is 5.75 Å². The van der Waals surface area contributed by atoms with E-state index in [0.29, 0.717) is 0 Å². The topological polar surface area (TPSA) is 113 Å². The van der Waals surface area contributed by atoms with Gasteiger partial charge in [0.25, 0.3) is 5.88 Å². The number of nitrogen functional groups attached to an aromatic ring is 1. The molecule has 0 spiro atoms. The molecule has 8 nitrogen and oxygen atoms in total. The Bertz CT molecular complexity index is 617. The van der Waals surface area contributed by atoms with Crippen LogP contribution in [0.25, 0.3) is 0 Å². The summed E-state index contributed by atoms with van der Waals surface area (Å²) in [6, 6.07) is 4.17. The number of benzene rings is 1. The predicted molar refractivity (Wildman–Crippen MR) is 66.2 cm³/mol. The van der Waals surface area contributed by atoms with Crippen LogP contribution < -0.4 is 15.2 Å². The van der Waals surface area contributed by atoms with Crippen molar-refractivity contribution >= 4 is 11.5 Å². The predicted octanol–water partition coefficient (Wildman–Crippen LogP) is 1.77. The van der Waals surface area contributed by atoms with Crippen LogP contribution in [-0.2, 0) is 0 Å². The standard InChI is InChI=1S/C11H10N4O4/c1-18-9-3-2-7(6-8(9)15(16)17)19-11-10(12)13-4-5-14-11/h2-6H,1H3,(H2,12,13). The first-order valence-electron chi connectivity index (χ1n) is 5.18. The number of nitrogens with zero attached hydrogens (tertiary/aromatic N) is 3. The molecular weight excluding hydrogens is 252 g/mol. The fraction of sp³-hybridized carbons (Fsp3) is 0.0909. The molecule has 2 N–H and O–H groups in total. The molecule has 0 saturated heterocycles. The Kier molecular flexibility index (Phi) is 3.42. The van der Waals surface area contributed by atoms with Crippen LogP contribution in [0.4, 0.5) is 11.5 Å². The van der Waals surface area contributed by atoms with Gasteiger partial charge < -0.3 is 15.2 Å². The number of hydrogen-bond donors (Lipinski definition) is 1. The van der Waals surface area contributed by atoms with Crippen LogP contribution in [0.2, 0.25) is 0 Å². The lowest BCUT2D eigenvalue weighted by Crippen LogP contribution is -1.98. The van der Waals surface area contributed by atoms with E-state index >= 15 is 0 Å². The van der Waals surface area contributed by atoms with Crippen LogP contribution in [0.1, 0.15) is 0 Å². The van der Waals surface area contributed by atoms with E-state index in [1.807, 2.05) is 0 Å². The number of nitro groups is 1. The van der Waals surface area contributed by atoms with Gasteiger partial charge in [-0.2, -0.15) is 0 Å². The van der Waals surface area contributed by atoms with E-state index in [0.717, 1.165) is 0 Å². The second-order valence-corrected chi connectivity index (χ2v) is 3.44. The van der Waals surface area contributed by atoms with Crippen LogP contribution >= 0.6 is 0 Å². The molecule has 0 unspecified atom stereocenters. The van der Waals surface area contributed by atoms with Gasteiger partial charge in [0.15, 0.2) is 11.6 Å². The van der Waals surface area contributed by atoms with Gasteiger partial charge >= 0.3 is 5.69 Å². The van der Waals surface area contributed by atoms with Crippen LogP contribution in [0.5, 0.6) is 17.4 Å². The molecule has 0 radical (unpaired) electrons. The van der Waals surface area contributed by atoms with E-state index in [1.54, 1.807) is 0 Å². The fourth-order valence-corrected chi connectivity index (χ4v) is 1.40. The highest BCUT2D eigenvalue weighted by Gasteiger charge is 2.16. The lowest BCUT2D eigenvalue weighted by atomic mass is 10.3. The summed E-state index contributed by atoms with van der Waals surface area (Å²) in [4.78, 5) is 18.0. The lowest BCUT2D eigenvalue weighted by Gasteiger charge is -2.07. The van der Waals surface area contributed by atoms with E-state index in [-0.39, 0.29) is 28.9 Å². The second kappa shape index (κ2) is 5.17. The van der Waals surface area contributed by atoms with E-state index in [4.69, 9.17) is 15.2 Å². The molecular formula is C11H10N4O4. The minimum atomic E-state index is -0.564. The highest BCUT2D eigenvalue weighted by Crippen LogP contribution is 2.33. The first kappa shape index (κ1) is 12.6. The normalized spacial score (nSPS) is 9.95. The number of methoxy groups -OCH3 is 1. The zero-order valence-electron chi connectivity index (χ0n) is 9.94. The summed E-state index contributed by atoms with van der Waals surface area (Å²) in [6.45, 7) is 0. The average molecular weight is 262 g/mol. The number of nitrogens with two attached hydrogens (primary N) is 1. The molecule has 0 atom stereocenters. The highest BCUT2D eigenvalue weighted by molar-refractivity contribution is 5.52. The van der Waals surface area contributed by atoms with Crippen molar-refractivity contribution in [2.45, 2.75) is 0 Å². The van der Waals surface area contributed by atoms with Gasteiger partial charge in [0, 0.05) is 12.4 Å². The molecule has 0 bridgehead atoms. The van der Waals surface area contributed by atoms with E-state index < -0.39 is 4.92 Å². The maximum absolute atomic E-state index is 10.9. The van der Waals surface area contributed by atoms with Crippen molar-refractivity contribution in [1.29, 1.82) is 0 Å². The average Bonchev–Trinajstić information content (AvgIpc) is 2.41. The number of anilines is 1. The second-order valence-electron chi connectivity index (χ2n) is 3.44. The highest BCUT2D eigenvalue weighted by atomic mass is 16.6. The van der Waals surface area contributed by atoms with Crippen molar-refractivity contribution in [2.75, 3.05) is 12.8 Å². The van der Waals surface area contributed by atoms with Gasteiger partial charge in [-0.25, -0.2) is 9.97 Å². The molecule has 19 heavy (non-hydrogen) atoms. The van der Waals surface area contributed by atoms with Gasteiger partial charge in [-0.15, -0.1) is 0 Å². The van der Waals surface area contributed by atoms with Crippen LogP contribution in [-0.4, -0.2) is 22.0 Å². The van der Waals surface area contributed by atoms with E-state index in [9.17, 15) is 10.1 Å². The summed E-state index contributed by atoms with van der Waals surface area (Å²) < 4.78 is 10.2. The van der Waals surface area contributed by atoms with Crippen molar-refractivity contribution in [2.24, 2.45) is 0 Å². The number of aromatic nitrogens is 2. The fourth-order valence-electron chi connectivity index (χ4n) is 1.40. The Hall–Kier alpha value is -2.90. The maximum atomic E-state index is 10.9. The Morgan fingerprint density at radius 1 is 1.32 bits per heavy atom. The molecule has 2 rings (SSSR count). The van der Waals surface area contributed by atoms with Crippen LogP contribution in [0, 0.1) is 10.1 Å². The zero-order chi connectivity index (χ0) is 13.8. The molecule has 0 saturated carbocycles. The number of rotatable bonds is 4. The number of nitro benzene ring substituents is 1. The van der Waals surface area contributed by atoms with Gasteiger partial charge in [-0.1, -0.05) is 0 Å².